The van der Waals surface area contributed by atoms with Crippen LogP contribution in [-0.2, 0) is 4.74 Å². The Morgan fingerprint density at radius 3 is 2.58 bits per heavy atom. The van der Waals surface area contributed by atoms with E-state index in [4.69, 9.17) is 4.74 Å². The number of hydrogen-bond donors (Lipinski definition) is 0. The summed E-state index contributed by atoms with van der Waals surface area (Å²) in [6.45, 7) is 2.04. The van der Waals surface area contributed by atoms with Gasteiger partial charge in [0.25, 0.3) is 0 Å². The fourth-order valence-electron chi connectivity index (χ4n) is 1.60. The van der Waals surface area contributed by atoms with E-state index >= 15 is 0 Å². The topological polar surface area (TPSA) is 9.23 Å². The molecule has 1 aliphatic rings. The average Bonchev–Trinajstić information content (AvgIpc) is 2.34. The highest BCUT2D eigenvalue weighted by Gasteiger charge is 2.41. The van der Waals surface area contributed by atoms with Crippen molar-refractivity contribution in [3.05, 3.63) is 0 Å². The van der Waals surface area contributed by atoms with E-state index < -0.39 is 5.92 Å². The molecule has 1 aliphatic heterocycles. The van der Waals surface area contributed by atoms with Crippen LogP contribution >= 0.6 is 15.9 Å². The van der Waals surface area contributed by atoms with Crippen LogP contribution in [0.15, 0.2) is 0 Å². The molecule has 0 aromatic heterocycles. The standard InChI is InChI=1S/C8H13BrF2O/c1-7(10,11)4-8(5-9)2-3-12-6-8/h2-6H2,1H3. The van der Waals surface area contributed by atoms with E-state index in [1.165, 1.54) is 0 Å². The van der Waals surface area contributed by atoms with E-state index in [0.29, 0.717) is 18.5 Å². The normalized spacial score (nSPS) is 31.0. The highest BCUT2D eigenvalue weighted by Crippen LogP contribution is 2.40. The molecule has 4 heteroatoms. The van der Waals surface area contributed by atoms with Crippen molar-refractivity contribution < 1.29 is 13.5 Å². The molecule has 0 N–H and O–H groups in total. The van der Waals surface area contributed by atoms with Crippen molar-refractivity contribution >= 4 is 15.9 Å². The third-order valence-corrected chi connectivity index (χ3v) is 3.34. The predicted molar refractivity (Wildman–Crippen MR) is 46.9 cm³/mol. The minimum Gasteiger partial charge on any atom is -0.381 e. The molecule has 0 aliphatic carbocycles. The van der Waals surface area contributed by atoms with Gasteiger partial charge < -0.3 is 4.74 Å². The zero-order valence-electron chi connectivity index (χ0n) is 7.08. The molecule has 0 aromatic carbocycles. The second-order valence-electron chi connectivity index (χ2n) is 3.68. The number of hydrogen-bond acceptors (Lipinski definition) is 1. The molecule has 0 aromatic rings. The maximum absolute atomic E-state index is 12.7. The lowest BCUT2D eigenvalue weighted by Gasteiger charge is -2.27. The molecule has 1 fully saturated rings. The van der Waals surface area contributed by atoms with Crippen molar-refractivity contribution in [3.63, 3.8) is 0 Å². The maximum atomic E-state index is 12.7. The fraction of sp³-hybridized carbons (Fsp3) is 1.00. The van der Waals surface area contributed by atoms with E-state index in [1.807, 2.05) is 0 Å². The van der Waals surface area contributed by atoms with Crippen molar-refractivity contribution in [2.45, 2.75) is 25.7 Å². The summed E-state index contributed by atoms with van der Waals surface area (Å²) in [4.78, 5) is 0. The fourth-order valence-corrected chi connectivity index (χ4v) is 2.24. The number of ether oxygens (including phenoxy) is 1. The Balaban J connectivity index is 2.55. The molecule has 0 radical (unpaired) electrons. The molecule has 1 nitrogen and oxygen atoms in total. The molecular formula is C8H13BrF2O. The molecule has 72 valence electrons. The summed E-state index contributed by atoms with van der Waals surface area (Å²) >= 11 is 3.27. The third-order valence-electron chi connectivity index (χ3n) is 2.15. The summed E-state index contributed by atoms with van der Waals surface area (Å²) in [7, 11) is 0. The van der Waals surface area contributed by atoms with E-state index in [9.17, 15) is 8.78 Å². The van der Waals surface area contributed by atoms with Gasteiger partial charge in [0, 0.05) is 23.8 Å². The number of rotatable bonds is 3. The van der Waals surface area contributed by atoms with Crippen LogP contribution in [0, 0.1) is 5.41 Å². The first-order valence-electron chi connectivity index (χ1n) is 3.99. The zero-order valence-corrected chi connectivity index (χ0v) is 8.66. The molecular weight excluding hydrogens is 230 g/mol. The van der Waals surface area contributed by atoms with Crippen LogP contribution in [0.2, 0.25) is 0 Å². The van der Waals surface area contributed by atoms with Crippen LogP contribution in [-0.4, -0.2) is 24.5 Å². The molecule has 1 saturated heterocycles. The lowest BCUT2D eigenvalue weighted by Crippen LogP contribution is -2.30. The summed E-state index contributed by atoms with van der Waals surface area (Å²) in [6, 6.07) is 0. The van der Waals surface area contributed by atoms with E-state index in [2.05, 4.69) is 15.9 Å². The van der Waals surface area contributed by atoms with Gasteiger partial charge in [-0.05, 0) is 13.3 Å². The first kappa shape index (κ1) is 10.4. The second-order valence-corrected chi connectivity index (χ2v) is 4.24. The lowest BCUT2D eigenvalue weighted by atomic mass is 9.84. The molecule has 0 saturated carbocycles. The van der Waals surface area contributed by atoms with E-state index in [-0.39, 0.29) is 11.8 Å². The van der Waals surface area contributed by atoms with Crippen LogP contribution in [0.5, 0.6) is 0 Å². The Kier molecular flexibility index (Phi) is 3.10. The van der Waals surface area contributed by atoms with Gasteiger partial charge in [0.1, 0.15) is 0 Å². The van der Waals surface area contributed by atoms with E-state index in [0.717, 1.165) is 13.3 Å². The molecule has 12 heavy (non-hydrogen) atoms. The molecule has 0 spiro atoms. The number of halogens is 3. The summed E-state index contributed by atoms with van der Waals surface area (Å²) in [5, 5.41) is 0.601. The zero-order chi connectivity index (χ0) is 9.24. The largest absolute Gasteiger partial charge is 0.381 e. The van der Waals surface area contributed by atoms with Crippen LogP contribution in [0.25, 0.3) is 0 Å². The lowest BCUT2D eigenvalue weighted by molar-refractivity contribution is -0.0256. The van der Waals surface area contributed by atoms with Gasteiger partial charge in [-0.15, -0.1) is 0 Å². The quantitative estimate of drug-likeness (QED) is 0.692. The Labute approximate surface area is 79.6 Å². The van der Waals surface area contributed by atoms with Crippen LogP contribution in [0.3, 0.4) is 0 Å². The van der Waals surface area contributed by atoms with Gasteiger partial charge in [-0.1, -0.05) is 15.9 Å². The molecule has 1 rings (SSSR count). The van der Waals surface area contributed by atoms with Gasteiger partial charge in [0.2, 0.25) is 5.92 Å². The van der Waals surface area contributed by atoms with Gasteiger partial charge in [-0.25, -0.2) is 8.78 Å². The Morgan fingerprint density at radius 2 is 2.25 bits per heavy atom. The van der Waals surface area contributed by atoms with Crippen LogP contribution in [0.1, 0.15) is 19.8 Å². The van der Waals surface area contributed by atoms with Crippen molar-refractivity contribution in [3.8, 4) is 0 Å². The average molecular weight is 243 g/mol. The predicted octanol–water partition coefficient (Wildman–Crippen LogP) is 2.83. The SMILES string of the molecule is CC(F)(F)CC1(CBr)CCOC1. The van der Waals surface area contributed by atoms with Crippen LogP contribution < -0.4 is 0 Å². The van der Waals surface area contributed by atoms with E-state index in [1.54, 1.807) is 0 Å². The summed E-state index contributed by atoms with van der Waals surface area (Å²) in [5.74, 6) is -2.58. The monoisotopic (exact) mass is 242 g/mol. The van der Waals surface area contributed by atoms with Gasteiger partial charge in [-0.2, -0.15) is 0 Å². The van der Waals surface area contributed by atoms with Crippen molar-refractivity contribution in [1.82, 2.24) is 0 Å². The molecule has 1 heterocycles. The molecule has 1 atom stereocenters. The van der Waals surface area contributed by atoms with Gasteiger partial charge >= 0.3 is 0 Å². The first-order chi connectivity index (χ1) is 5.47. The van der Waals surface area contributed by atoms with Crippen LogP contribution in [0.4, 0.5) is 8.78 Å². The van der Waals surface area contributed by atoms with Gasteiger partial charge in [-0.3, -0.25) is 0 Å². The maximum Gasteiger partial charge on any atom is 0.246 e. The summed E-state index contributed by atoms with van der Waals surface area (Å²) < 4.78 is 30.6. The van der Waals surface area contributed by atoms with Crippen molar-refractivity contribution in [2.24, 2.45) is 5.41 Å². The number of alkyl halides is 3. The van der Waals surface area contributed by atoms with Crippen molar-refractivity contribution in [2.75, 3.05) is 18.5 Å². The second kappa shape index (κ2) is 3.58. The Morgan fingerprint density at radius 1 is 1.58 bits per heavy atom. The minimum atomic E-state index is -2.58. The minimum absolute atomic E-state index is 0.0781. The smallest absolute Gasteiger partial charge is 0.246 e. The summed E-state index contributed by atoms with van der Waals surface area (Å²) in [5.41, 5.74) is -0.335. The Bertz CT molecular complexity index is 150. The summed E-state index contributed by atoms with van der Waals surface area (Å²) in [6.07, 6.45) is 0.660. The molecule has 1 unspecified atom stereocenters. The molecule has 0 amide bonds. The van der Waals surface area contributed by atoms with Gasteiger partial charge in [0.05, 0.1) is 6.61 Å². The highest BCUT2D eigenvalue weighted by molar-refractivity contribution is 9.09. The van der Waals surface area contributed by atoms with Gasteiger partial charge in [0.15, 0.2) is 0 Å². The van der Waals surface area contributed by atoms with Crippen molar-refractivity contribution in [1.29, 1.82) is 0 Å². The third kappa shape index (κ3) is 2.66. The first-order valence-corrected chi connectivity index (χ1v) is 5.11. The Hall–Kier alpha value is 0.300. The highest BCUT2D eigenvalue weighted by atomic mass is 79.9. The molecule has 0 bridgehead atoms.